The molecule has 124 valence electrons. The molecular formula is C15H21N5O3. The fourth-order valence-corrected chi connectivity index (χ4v) is 2.57. The standard InChI is InChI=1S/C15H21N5O3/c1-15(2,3)22-14(21)20-8-4-5-10(9-20)12-17-13(23-19-12)11-6-7-16-18-11/h6-7,10H,4-5,8-9H2,1-3H3,(H,16,18). The lowest BCUT2D eigenvalue weighted by molar-refractivity contribution is 0.0195. The Morgan fingerprint density at radius 1 is 1.48 bits per heavy atom. The zero-order valence-corrected chi connectivity index (χ0v) is 13.6. The number of carbonyl (C=O) groups is 1. The van der Waals surface area contributed by atoms with Gasteiger partial charge in [0.1, 0.15) is 11.3 Å². The fraction of sp³-hybridized carbons (Fsp3) is 0.600. The Bertz CT molecular complexity index is 659. The van der Waals surface area contributed by atoms with Gasteiger partial charge >= 0.3 is 6.09 Å². The number of hydrogen-bond acceptors (Lipinski definition) is 6. The third-order valence-corrected chi connectivity index (χ3v) is 3.61. The molecule has 2 aromatic heterocycles. The number of aromatic nitrogens is 4. The quantitative estimate of drug-likeness (QED) is 0.913. The van der Waals surface area contributed by atoms with Gasteiger partial charge in [-0.3, -0.25) is 5.10 Å². The first kappa shape index (κ1) is 15.5. The van der Waals surface area contributed by atoms with Gasteiger partial charge in [0.25, 0.3) is 5.89 Å². The Balaban J connectivity index is 1.68. The van der Waals surface area contributed by atoms with Crippen LogP contribution in [0.15, 0.2) is 16.8 Å². The van der Waals surface area contributed by atoms with Crippen LogP contribution < -0.4 is 0 Å². The molecule has 8 nitrogen and oxygen atoms in total. The molecular weight excluding hydrogens is 298 g/mol. The molecule has 0 bridgehead atoms. The summed E-state index contributed by atoms with van der Waals surface area (Å²) in [6.07, 6.45) is 3.14. The van der Waals surface area contributed by atoms with Gasteiger partial charge in [-0.1, -0.05) is 5.16 Å². The molecule has 23 heavy (non-hydrogen) atoms. The number of aromatic amines is 1. The molecule has 0 aliphatic carbocycles. The van der Waals surface area contributed by atoms with Gasteiger partial charge in [-0.2, -0.15) is 10.1 Å². The highest BCUT2D eigenvalue weighted by atomic mass is 16.6. The second-order valence-electron chi connectivity index (χ2n) is 6.69. The number of ether oxygens (including phenoxy) is 1. The van der Waals surface area contributed by atoms with Gasteiger partial charge in [0.05, 0.1) is 0 Å². The van der Waals surface area contributed by atoms with Crippen molar-refractivity contribution in [2.75, 3.05) is 13.1 Å². The first-order chi connectivity index (χ1) is 10.9. The minimum atomic E-state index is -0.496. The lowest BCUT2D eigenvalue weighted by Gasteiger charge is -2.32. The number of nitrogens with one attached hydrogen (secondary N) is 1. The molecule has 0 radical (unpaired) electrons. The van der Waals surface area contributed by atoms with Crippen molar-refractivity contribution < 1.29 is 14.1 Å². The van der Waals surface area contributed by atoms with Crippen molar-refractivity contribution in [1.82, 2.24) is 25.2 Å². The molecule has 1 atom stereocenters. The van der Waals surface area contributed by atoms with E-state index in [0.717, 1.165) is 12.8 Å². The fourth-order valence-electron chi connectivity index (χ4n) is 2.57. The molecule has 0 spiro atoms. The van der Waals surface area contributed by atoms with Crippen molar-refractivity contribution in [3.05, 3.63) is 18.1 Å². The first-order valence-electron chi connectivity index (χ1n) is 7.73. The summed E-state index contributed by atoms with van der Waals surface area (Å²) in [5.41, 5.74) is 0.188. The van der Waals surface area contributed by atoms with Crippen LogP contribution >= 0.6 is 0 Å². The van der Waals surface area contributed by atoms with Crippen LogP contribution in [0.3, 0.4) is 0 Å². The Labute approximate surface area is 134 Å². The molecule has 1 aliphatic heterocycles. The van der Waals surface area contributed by atoms with Gasteiger partial charge in [0.2, 0.25) is 0 Å². The van der Waals surface area contributed by atoms with E-state index >= 15 is 0 Å². The number of amides is 1. The van der Waals surface area contributed by atoms with Gasteiger partial charge in [0, 0.05) is 25.2 Å². The van der Waals surface area contributed by atoms with Crippen LogP contribution in [0.4, 0.5) is 4.79 Å². The Kier molecular flexibility index (Phi) is 4.06. The smallest absolute Gasteiger partial charge is 0.410 e. The van der Waals surface area contributed by atoms with E-state index in [1.807, 2.05) is 20.8 Å². The molecule has 1 aliphatic rings. The van der Waals surface area contributed by atoms with E-state index in [2.05, 4.69) is 20.3 Å². The molecule has 3 rings (SSSR count). The van der Waals surface area contributed by atoms with Crippen molar-refractivity contribution in [1.29, 1.82) is 0 Å². The first-order valence-corrected chi connectivity index (χ1v) is 7.73. The topological polar surface area (TPSA) is 97.1 Å². The van der Waals surface area contributed by atoms with Gasteiger partial charge in [-0.15, -0.1) is 0 Å². The molecule has 8 heteroatoms. The Morgan fingerprint density at radius 3 is 3.00 bits per heavy atom. The molecule has 3 heterocycles. The molecule has 1 amide bonds. The maximum atomic E-state index is 12.2. The van der Waals surface area contributed by atoms with Gasteiger partial charge in [-0.05, 0) is 39.7 Å². The van der Waals surface area contributed by atoms with E-state index < -0.39 is 5.60 Å². The molecule has 0 aromatic carbocycles. The van der Waals surface area contributed by atoms with E-state index in [0.29, 0.717) is 30.5 Å². The normalized spacial score (nSPS) is 18.9. The molecule has 0 saturated carbocycles. The third kappa shape index (κ3) is 3.69. The molecule has 2 aromatic rings. The van der Waals surface area contributed by atoms with Crippen molar-refractivity contribution in [2.45, 2.75) is 45.1 Å². The summed E-state index contributed by atoms with van der Waals surface area (Å²) < 4.78 is 10.7. The SMILES string of the molecule is CC(C)(C)OC(=O)N1CCCC(c2noc(-c3ccn[nH]3)n2)C1. The minimum absolute atomic E-state index is 0.0525. The van der Waals surface area contributed by atoms with Crippen molar-refractivity contribution in [3.8, 4) is 11.6 Å². The highest BCUT2D eigenvalue weighted by Gasteiger charge is 2.30. The molecule has 1 saturated heterocycles. The number of piperidine rings is 1. The average molecular weight is 319 g/mol. The number of rotatable bonds is 2. The number of likely N-dealkylation sites (tertiary alicyclic amines) is 1. The molecule has 1 N–H and O–H groups in total. The van der Waals surface area contributed by atoms with Crippen LogP contribution in [-0.2, 0) is 4.74 Å². The predicted molar refractivity (Wildman–Crippen MR) is 81.7 cm³/mol. The van der Waals surface area contributed by atoms with Crippen molar-refractivity contribution >= 4 is 6.09 Å². The monoisotopic (exact) mass is 319 g/mol. The third-order valence-electron chi connectivity index (χ3n) is 3.61. The summed E-state index contributed by atoms with van der Waals surface area (Å²) in [5.74, 6) is 1.08. The van der Waals surface area contributed by atoms with E-state index in [1.165, 1.54) is 0 Å². The molecule has 1 unspecified atom stereocenters. The average Bonchev–Trinajstić information content (AvgIpc) is 3.17. The van der Waals surface area contributed by atoms with Crippen LogP contribution in [0.25, 0.3) is 11.6 Å². The zero-order valence-electron chi connectivity index (χ0n) is 13.6. The van der Waals surface area contributed by atoms with E-state index in [9.17, 15) is 4.79 Å². The van der Waals surface area contributed by atoms with E-state index in [1.54, 1.807) is 17.2 Å². The summed E-state index contributed by atoms with van der Waals surface area (Å²) in [4.78, 5) is 18.3. The van der Waals surface area contributed by atoms with Gasteiger partial charge in [-0.25, -0.2) is 4.79 Å². The molecule has 1 fully saturated rings. The number of carbonyl (C=O) groups excluding carboxylic acids is 1. The lowest BCUT2D eigenvalue weighted by atomic mass is 9.98. The largest absolute Gasteiger partial charge is 0.444 e. The summed E-state index contributed by atoms with van der Waals surface area (Å²) in [6, 6.07) is 1.77. The van der Waals surface area contributed by atoms with Crippen LogP contribution in [0, 0.1) is 0 Å². The summed E-state index contributed by atoms with van der Waals surface area (Å²) in [7, 11) is 0. The van der Waals surface area contributed by atoms with Gasteiger partial charge < -0.3 is 14.2 Å². The number of H-pyrrole nitrogens is 1. The van der Waals surface area contributed by atoms with E-state index in [4.69, 9.17) is 9.26 Å². The second-order valence-corrected chi connectivity index (χ2v) is 6.69. The van der Waals surface area contributed by atoms with Crippen molar-refractivity contribution in [3.63, 3.8) is 0 Å². The maximum absolute atomic E-state index is 12.2. The summed E-state index contributed by atoms with van der Waals surface area (Å²) in [5, 5.41) is 10.7. The minimum Gasteiger partial charge on any atom is -0.444 e. The van der Waals surface area contributed by atoms with Crippen LogP contribution in [0.1, 0.15) is 45.4 Å². The van der Waals surface area contributed by atoms with E-state index in [-0.39, 0.29) is 12.0 Å². The van der Waals surface area contributed by atoms with Crippen LogP contribution in [0.2, 0.25) is 0 Å². The van der Waals surface area contributed by atoms with Gasteiger partial charge in [0.15, 0.2) is 5.82 Å². The Morgan fingerprint density at radius 2 is 2.30 bits per heavy atom. The van der Waals surface area contributed by atoms with Crippen molar-refractivity contribution in [2.24, 2.45) is 0 Å². The van der Waals surface area contributed by atoms with Crippen LogP contribution in [0.5, 0.6) is 0 Å². The highest BCUT2D eigenvalue weighted by Crippen LogP contribution is 2.27. The van der Waals surface area contributed by atoms with Crippen LogP contribution in [-0.4, -0.2) is 50.0 Å². The highest BCUT2D eigenvalue weighted by molar-refractivity contribution is 5.68. The lowest BCUT2D eigenvalue weighted by Crippen LogP contribution is -2.42. The Hall–Kier alpha value is -2.38. The predicted octanol–water partition coefficient (Wildman–Crippen LogP) is 2.57. The second kappa shape index (κ2) is 6.02. The summed E-state index contributed by atoms with van der Waals surface area (Å²) in [6.45, 7) is 6.82. The zero-order chi connectivity index (χ0) is 16.4. The number of hydrogen-bond donors (Lipinski definition) is 1. The maximum Gasteiger partial charge on any atom is 0.410 e. The number of nitrogens with zero attached hydrogens (tertiary/aromatic N) is 4. The summed E-state index contributed by atoms with van der Waals surface area (Å²) >= 11 is 0.